The summed E-state index contributed by atoms with van der Waals surface area (Å²) in [4.78, 5) is 25.1. The number of fused-ring (bicyclic) bond motifs is 1. The molecule has 0 saturated carbocycles. The van der Waals surface area contributed by atoms with Gasteiger partial charge in [0.05, 0.1) is 17.4 Å². The SMILES string of the molecule is CCC(C)(CCC(C)C(C)C)n1cc(C(=O)Nc2ccc3cc(C(=O)C(C)C)cn3c2)nn1. The molecule has 0 aromatic carbocycles. The molecule has 0 fully saturated rings. The van der Waals surface area contributed by atoms with Crippen LogP contribution in [0.25, 0.3) is 5.52 Å². The van der Waals surface area contributed by atoms with Gasteiger partial charge >= 0.3 is 0 Å². The molecule has 3 aromatic heterocycles. The van der Waals surface area contributed by atoms with Crippen molar-refractivity contribution < 1.29 is 9.59 Å². The number of amides is 1. The van der Waals surface area contributed by atoms with Gasteiger partial charge in [0.1, 0.15) is 0 Å². The Morgan fingerprint density at radius 1 is 1.09 bits per heavy atom. The monoisotopic (exact) mass is 451 g/mol. The molecule has 7 nitrogen and oxygen atoms in total. The van der Waals surface area contributed by atoms with Crippen LogP contribution in [0.1, 0.15) is 88.6 Å². The molecule has 178 valence electrons. The number of aromatic nitrogens is 4. The Morgan fingerprint density at radius 2 is 1.82 bits per heavy atom. The molecule has 0 radical (unpaired) electrons. The van der Waals surface area contributed by atoms with E-state index in [-0.39, 0.29) is 28.8 Å². The van der Waals surface area contributed by atoms with E-state index >= 15 is 0 Å². The Kier molecular flexibility index (Phi) is 7.40. The summed E-state index contributed by atoms with van der Waals surface area (Å²) in [5, 5.41) is 11.3. The number of carbonyl (C=O) groups excluding carboxylic acids is 2. The molecule has 3 rings (SSSR count). The van der Waals surface area contributed by atoms with Crippen molar-refractivity contribution in [3.63, 3.8) is 0 Å². The van der Waals surface area contributed by atoms with Crippen LogP contribution in [0.5, 0.6) is 0 Å². The average molecular weight is 452 g/mol. The maximum absolute atomic E-state index is 12.8. The highest BCUT2D eigenvalue weighted by Crippen LogP contribution is 2.29. The lowest BCUT2D eigenvalue weighted by Crippen LogP contribution is -2.31. The molecule has 2 unspecified atom stereocenters. The number of hydrogen-bond donors (Lipinski definition) is 1. The van der Waals surface area contributed by atoms with Crippen LogP contribution in [-0.2, 0) is 5.54 Å². The molecule has 0 aliphatic carbocycles. The Bertz CT molecular complexity index is 1130. The highest BCUT2D eigenvalue weighted by Gasteiger charge is 2.28. The first-order valence-corrected chi connectivity index (χ1v) is 11.9. The van der Waals surface area contributed by atoms with Crippen molar-refractivity contribution in [2.24, 2.45) is 17.8 Å². The number of ketones is 1. The lowest BCUT2D eigenvalue weighted by atomic mass is 9.85. The second-order valence-electron chi connectivity index (χ2n) is 10.1. The molecule has 0 spiro atoms. The zero-order chi connectivity index (χ0) is 24.3. The number of nitrogens with zero attached hydrogens (tertiary/aromatic N) is 4. The van der Waals surface area contributed by atoms with Crippen LogP contribution in [0.2, 0.25) is 0 Å². The van der Waals surface area contributed by atoms with E-state index in [0.717, 1.165) is 24.8 Å². The van der Waals surface area contributed by atoms with E-state index < -0.39 is 0 Å². The molecule has 1 amide bonds. The normalized spacial score (nSPS) is 14.6. The fourth-order valence-electron chi connectivity index (χ4n) is 3.80. The molecule has 3 aromatic rings. The predicted molar refractivity (Wildman–Crippen MR) is 132 cm³/mol. The van der Waals surface area contributed by atoms with Crippen molar-refractivity contribution in [1.29, 1.82) is 0 Å². The lowest BCUT2D eigenvalue weighted by Gasteiger charge is -2.30. The van der Waals surface area contributed by atoms with Crippen molar-refractivity contribution in [3.05, 3.63) is 48.0 Å². The maximum atomic E-state index is 12.8. The Hall–Kier alpha value is -2.96. The highest BCUT2D eigenvalue weighted by atomic mass is 16.2. The van der Waals surface area contributed by atoms with Gasteiger partial charge in [-0.3, -0.25) is 9.59 Å². The number of anilines is 1. The minimum absolute atomic E-state index is 0.0633. The van der Waals surface area contributed by atoms with Gasteiger partial charge < -0.3 is 9.72 Å². The Labute approximate surface area is 196 Å². The molecular formula is C26H37N5O2. The number of nitrogens with one attached hydrogen (secondary N) is 1. The van der Waals surface area contributed by atoms with Crippen LogP contribution in [-0.4, -0.2) is 31.1 Å². The van der Waals surface area contributed by atoms with E-state index in [1.165, 1.54) is 0 Å². The summed E-state index contributed by atoms with van der Waals surface area (Å²) in [6.07, 6.45) is 8.33. The first-order valence-electron chi connectivity index (χ1n) is 11.9. The number of rotatable bonds is 10. The largest absolute Gasteiger partial charge is 0.321 e. The summed E-state index contributed by atoms with van der Waals surface area (Å²) in [6.45, 7) is 14.9. The third kappa shape index (κ3) is 5.52. The van der Waals surface area contributed by atoms with E-state index in [1.54, 1.807) is 18.6 Å². The molecule has 33 heavy (non-hydrogen) atoms. The number of Topliss-reactive ketones (excluding diaryl/α,β-unsaturated/α-hetero) is 1. The minimum Gasteiger partial charge on any atom is -0.321 e. The van der Waals surface area contributed by atoms with Gasteiger partial charge in [0.25, 0.3) is 5.91 Å². The van der Waals surface area contributed by atoms with Crippen LogP contribution in [0.4, 0.5) is 5.69 Å². The number of carbonyl (C=O) groups is 2. The molecule has 2 atom stereocenters. The van der Waals surface area contributed by atoms with Gasteiger partial charge in [-0.15, -0.1) is 5.10 Å². The van der Waals surface area contributed by atoms with Crippen molar-refractivity contribution in [1.82, 2.24) is 19.4 Å². The molecular weight excluding hydrogens is 414 g/mol. The summed E-state index contributed by atoms with van der Waals surface area (Å²) in [5.41, 5.74) is 2.30. The molecule has 1 N–H and O–H groups in total. The second-order valence-corrected chi connectivity index (χ2v) is 10.1. The fraction of sp³-hybridized carbons (Fsp3) is 0.538. The Morgan fingerprint density at radius 3 is 2.45 bits per heavy atom. The van der Waals surface area contributed by atoms with Gasteiger partial charge in [-0.25, -0.2) is 4.68 Å². The zero-order valence-corrected chi connectivity index (χ0v) is 20.9. The van der Waals surface area contributed by atoms with E-state index in [0.29, 0.717) is 23.1 Å². The van der Waals surface area contributed by atoms with Crippen molar-refractivity contribution in [3.8, 4) is 0 Å². The molecule has 7 heteroatoms. The third-order valence-corrected chi connectivity index (χ3v) is 6.98. The first-order chi connectivity index (χ1) is 15.5. The summed E-state index contributed by atoms with van der Waals surface area (Å²) >= 11 is 0. The van der Waals surface area contributed by atoms with Gasteiger partial charge in [-0.2, -0.15) is 0 Å². The van der Waals surface area contributed by atoms with Crippen molar-refractivity contribution >= 4 is 22.9 Å². The molecule has 0 saturated heterocycles. The van der Waals surface area contributed by atoms with Gasteiger partial charge in [-0.05, 0) is 56.2 Å². The minimum atomic E-state index is -0.305. The van der Waals surface area contributed by atoms with Gasteiger partial charge in [0.2, 0.25) is 0 Å². The summed E-state index contributed by atoms with van der Waals surface area (Å²) < 4.78 is 3.69. The van der Waals surface area contributed by atoms with Gasteiger partial charge in [0.15, 0.2) is 11.5 Å². The fourth-order valence-corrected chi connectivity index (χ4v) is 3.80. The zero-order valence-electron chi connectivity index (χ0n) is 20.9. The smallest absolute Gasteiger partial charge is 0.277 e. The van der Waals surface area contributed by atoms with Crippen LogP contribution in [0.3, 0.4) is 0 Å². The third-order valence-electron chi connectivity index (χ3n) is 6.98. The van der Waals surface area contributed by atoms with Crippen LogP contribution >= 0.6 is 0 Å². The van der Waals surface area contributed by atoms with E-state index in [9.17, 15) is 9.59 Å². The first kappa shape index (κ1) is 24.7. The highest BCUT2D eigenvalue weighted by molar-refractivity contribution is 6.02. The van der Waals surface area contributed by atoms with Crippen molar-refractivity contribution in [2.75, 3.05) is 5.32 Å². The van der Waals surface area contributed by atoms with Gasteiger partial charge in [0, 0.05) is 29.4 Å². The molecule has 0 aliphatic heterocycles. The van der Waals surface area contributed by atoms with E-state index in [2.05, 4.69) is 50.2 Å². The average Bonchev–Trinajstić information content (AvgIpc) is 3.44. The standard InChI is InChI=1S/C26H37N5O2/c1-8-26(7,12-11-19(6)17(2)3)31-16-23(28-29-31)25(33)27-21-9-10-22-13-20(14-30(22)15-21)24(32)18(4)5/h9-10,13-19H,8,11-12H2,1-7H3,(H,27,33). The number of hydrogen-bond acceptors (Lipinski definition) is 4. The Balaban J connectivity index is 1.73. The quantitative estimate of drug-likeness (QED) is 0.394. The van der Waals surface area contributed by atoms with Crippen LogP contribution < -0.4 is 5.32 Å². The van der Waals surface area contributed by atoms with Crippen molar-refractivity contribution in [2.45, 2.75) is 73.3 Å². The van der Waals surface area contributed by atoms with Crippen LogP contribution in [0, 0.1) is 17.8 Å². The van der Waals surface area contributed by atoms with E-state index in [4.69, 9.17) is 0 Å². The molecule has 0 aliphatic rings. The van der Waals surface area contributed by atoms with Crippen LogP contribution in [0.15, 0.2) is 36.8 Å². The topological polar surface area (TPSA) is 81.3 Å². The maximum Gasteiger partial charge on any atom is 0.277 e. The lowest BCUT2D eigenvalue weighted by molar-refractivity contribution is 0.0938. The van der Waals surface area contributed by atoms with Gasteiger partial charge in [-0.1, -0.05) is 46.8 Å². The number of pyridine rings is 1. The molecule has 0 bridgehead atoms. The van der Waals surface area contributed by atoms with E-state index in [1.807, 2.05) is 41.1 Å². The summed E-state index contributed by atoms with van der Waals surface area (Å²) in [7, 11) is 0. The molecule has 3 heterocycles. The second kappa shape index (κ2) is 9.89. The summed E-state index contributed by atoms with van der Waals surface area (Å²) in [6, 6.07) is 5.57. The summed E-state index contributed by atoms with van der Waals surface area (Å²) in [5.74, 6) is 0.997. The predicted octanol–water partition coefficient (Wildman–Crippen LogP) is 5.82.